The number of nitrogens with zero attached hydrogens (tertiary/aromatic N) is 4. The number of hydrogen-bond donors (Lipinski definition) is 1. The standard InChI is InChI=1S/C32H25ClF3N5O5/c1-43-29-27(41-14-23(39-40-41)18-11-20(34)25(36)21(35)12-18)28-24(15-44-32(46-28)16-6-3-2-4-7-16)45-30(29)31(42)38-22-13-19(33)10-17-8-5-9-37-26(17)22/h2-14,24,27-30,32H,15H2,1H3,(H,38,42)/t24-,27+,28+,29-,30-,32?/m1/s1. The van der Waals surface area contributed by atoms with E-state index in [9.17, 15) is 18.0 Å². The second kappa shape index (κ2) is 12.4. The normalized spacial score (nSPS) is 24.5. The Morgan fingerprint density at radius 3 is 2.59 bits per heavy atom. The Morgan fingerprint density at radius 2 is 1.83 bits per heavy atom. The van der Waals surface area contributed by atoms with Crippen molar-refractivity contribution in [1.82, 2.24) is 20.0 Å². The van der Waals surface area contributed by atoms with E-state index in [1.54, 1.807) is 24.4 Å². The highest BCUT2D eigenvalue weighted by molar-refractivity contribution is 6.32. The van der Waals surface area contributed by atoms with Gasteiger partial charge in [-0.2, -0.15) is 0 Å². The van der Waals surface area contributed by atoms with Crippen LogP contribution in [0.15, 0.2) is 79.1 Å². The maximum Gasteiger partial charge on any atom is 0.256 e. The summed E-state index contributed by atoms with van der Waals surface area (Å²) in [5.41, 5.74) is 1.67. The van der Waals surface area contributed by atoms with Crippen molar-refractivity contribution >= 4 is 34.1 Å². The minimum Gasteiger partial charge on any atom is -0.376 e. The molecule has 2 aliphatic rings. The highest BCUT2D eigenvalue weighted by Crippen LogP contribution is 2.41. The van der Waals surface area contributed by atoms with Crippen molar-refractivity contribution in [2.24, 2.45) is 0 Å². The molecule has 5 aromatic rings. The summed E-state index contributed by atoms with van der Waals surface area (Å²) >= 11 is 6.33. The van der Waals surface area contributed by atoms with Crippen molar-refractivity contribution in [3.63, 3.8) is 0 Å². The van der Waals surface area contributed by atoms with Crippen LogP contribution in [0.2, 0.25) is 5.02 Å². The van der Waals surface area contributed by atoms with Crippen molar-refractivity contribution < 1.29 is 36.9 Å². The molecule has 7 rings (SSSR count). The maximum absolute atomic E-state index is 14.1. The summed E-state index contributed by atoms with van der Waals surface area (Å²) in [6.45, 7) is 0.0541. The van der Waals surface area contributed by atoms with E-state index in [4.69, 9.17) is 30.5 Å². The van der Waals surface area contributed by atoms with Gasteiger partial charge in [0.05, 0.1) is 24.0 Å². The van der Waals surface area contributed by atoms with Crippen LogP contribution in [0.3, 0.4) is 0 Å². The zero-order valence-electron chi connectivity index (χ0n) is 24.0. The van der Waals surface area contributed by atoms with Crippen molar-refractivity contribution in [3.8, 4) is 11.3 Å². The highest BCUT2D eigenvalue weighted by atomic mass is 35.5. The molecule has 1 N–H and O–H groups in total. The third kappa shape index (κ3) is 5.60. The topological polar surface area (TPSA) is 110 Å². The van der Waals surface area contributed by atoms with Gasteiger partial charge >= 0.3 is 0 Å². The van der Waals surface area contributed by atoms with Gasteiger partial charge in [0.15, 0.2) is 29.8 Å². The Bertz CT molecular complexity index is 1890. The van der Waals surface area contributed by atoms with Crippen LogP contribution in [0, 0.1) is 17.5 Å². The van der Waals surface area contributed by atoms with Crippen LogP contribution in [0.1, 0.15) is 17.9 Å². The molecule has 0 spiro atoms. The number of benzene rings is 3. The minimum absolute atomic E-state index is 0.0371. The molecule has 236 valence electrons. The average molecular weight is 652 g/mol. The number of fused-ring (bicyclic) bond motifs is 2. The summed E-state index contributed by atoms with van der Waals surface area (Å²) in [6.07, 6.45) is -1.53. The van der Waals surface area contributed by atoms with Crippen LogP contribution in [-0.2, 0) is 23.7 Å². The molecule has 2 aromatic heterocycles. The number of halogens is 4. The number of aromatic nitrogens is 4. The minimum atomic E-state index is -1.60. The number of anilines is 1. The van der Waals surface area contributed by atoms with Crippen LogP contribution in [0.25, 0.3) is 22.2 Å². The second-order valence-corrected chi connectivity index (χ2v) is 11.3. The van der Waals surface area contributed by atoms with Crippen molar-refractivity contribution in [1.29, 1.82) is 0 Å². The van der Waals surface area contributed by atoms with Gasteiger partial charge < -0.3 is 24.3 Å². The molecule has 6 atom stereocenters. The number of nitrogens with one attached hydrogen (secondary N) is 1. The largest absolute Gasteiger partial charge is 0.376 e. The first-order valence-electron chi connectivity index (χ1n) is 14.2. The third-order valence-corrected chi connectivity index (χ3v) is 8.20. The Labute approximate surface area is 265 Å². The first-order valence-corrected chi connectivity index (χ1v) is 14.6. The third-order valence-electron chi connectivity index (χ3n) is 7.98. The summed E-state index contributed by atoms with van der Waals surface area (Å²) in [7, 11) is 1.41. The summed E-state index contributed by atoms with van der Waals surface area (Å²) in [6, 6.07) is 17.0. The van der Waals surface area contributed by atoms with E-state index in [2.05, 4.69) is 20.6 Å². The molecule has 1 unspecified atom stereocenters. The zero-order valence-corrected chi connectivity index (χ0v) is 24.8. The van der Waals surface area contributed by atoms with Crippen LogP contribution in [0.4, 0.5) is 18.9 Å². The summed E-state index contributed by atoms with van der Waals surface area (Å²) in [5, 5.41) is 12.3. The van der Waals surface area contributed by atoms with Gasteiger partial charge in [0.25, 0.3) is 5.91 Å². The van der Waals surface area contributed by atoms with E-state index in [1.165, 1.54) is 18.0 Å². The van der Waals surface area contributed by atoms with E-state index < -0.39 is 60.1 Å². The van der Waals surface area contributed by atoms with Crippen molar-refractivity contribution in [2.75, 3.05) is 19.0 Å². The number of carbonyl (C=O) groups is 1. The van der Waals surface area contributed by atoms with Gasteiger partial charge in [-0.1, -0.05) is 53.2 Å². The summed E-state index contributed by atoms with van der Waals surface area (Å²) in [5.74, 6) is -4.90. The lowest BCUT2D eigenvalue weighted by molar-refractivity contribution is -0.314. The van der Waals surface area contributed by atoms with Gasteiger partial charge in [-0.3, -0.25) is 9.78 Å². The molecule has 3 aromatic carbocycles. The smallest absolute Gasteiger partial charge is 0.256 e. The lowest BCUT2D eigenvalue weighted by Gasteiger charge is -2.48. The predicted molar refractivity (Wildman–Crippen MR) is 159 cm³/mol. The van der Waals surface area contributed by atoms with Crippen LogP contribution in [-0.4, -0.2) is 64.0 Å². The monoisotopic (exact) mass is 651 g/mol. The maximum atomic E-state index is 14.1. The lowest BCUT2D eigenvalue weighted by atomic mass is 9.90. The summed E-state index contributed by atoms with van der Waals surface area (Å²) in [4.78, 5) is 18.3. The fourth-order valence-corrected chi connectivity index (χ4v) is 6.10. The number of hydrogen-bond acceptors (Lipinski definition) is 8. The molecule has 0 saturated carbocycles. The summed E-state index contributed by atoms with van der Waals surface area (Å²) < 4.78 is 67.8. The highest BCUT2D eigenvalue weighted by Gasteiger charge is 2.53. The Hall–Kier alpha value is -4.40. The van der Waals surface area contributed by atoms with Gasteiger partial charge in [0.2, 0.25) is 0 Å². The van der Waals surface area contributed by atoms with Crippen LogP contribution in [0.5, 0.6) is 0 Å². The first-order chi connectivity index (χ1) is 22.3. The van der Waals surface area contributed by atoms with E-state index in [0.29, 0.717) is 16.2 Å². The molecule has 2 fully saturated rings. The van der Waals surface area contributed by atoms with E-state index in [0.717, 1.165) is 23.1 Å². The van der Waals surface area contributed by atoms with Gasteiger partial charge in [0.1, 0.15) is 30.0 Å². The quantitative estimate of drug-likeness (QED) is 0.235. The van der Waals surface area contributed by atoms with Gasteiger partial charge in [-0.25, -0.2) is 17.9 Å². The van der Waals surface area contributed by atoms with Crippen molar-refractivity contribution in [3.05, 3.63) is 107 Å². The zero-order chi connectivity index (χ0) is 31.9. The van der Waals surface area contributed by atoms with Crippen LogP contribution < -0.4 is 5.32 Å². The van der Waals surface area contributed by atoms with Crippen LogP contribution >= 0.6 is 11.6 Å². The molecule has 2 saturated heterocycles. The van der Waals surface area contributed by atoms with Gasteiger partial charge in [-0.05, 0) is 30.3 Å². The molecule has 0 aliphatic carbocycles. The van der Waals surface area contributed by atoms with Gasteiger partial charge in [-0.15, -0.1) is 5.10 Å². The average Bonchev–Trinajstić information content (AvgIpc) is 3.56. The number of rotatable bonds is 6. The molecule has 0 bridgehead atoms. The molecule has 46 heavy (non-hydrogen) atoms. The lowest BCUT2D eigenvalue weighted by Crippen LogP contribution is -2.62. The van der Waals surface area contributed by atoms with Gasteiger partial charge in [0, 0.05) is 34.8 Å². The molecule has 14 heteroatoms. The molecule has 10 nitrogen and oxygen atoms in total. The van der Waals surface area contributed by atoms with Crippen molar-refractivity contribution in [2.45, 2.75) is 36.7 Å². The molecule has 4 heterocycles. The Kier molecular flexibility index (Phi) is 8.17. The number of amides is 1. The molecule has 1 amide bonds. The number of carbonyl (C=O) groups excluding carboxylic acids is 1. The SMILES string of the molecule is CO[C@@H]1[C@@H](n2cc(-c3cc(F)c(F)c(F)c3)nn2)[C@H]2OC(c3ccccc3)OC[C@H]2O[C@H]1C(=O)Nc1cc(Cl)cc2cccnc12. The van der Waals surface area contributed by atoms with E-state index >= 15 is 0 Å². The fraction of sp³-hybridized carbons (Fsp3) is 0.250. The molecule has 0 radical (unpaired) electrons. The predicted octanol–water partition coefficient (Wildman–Crippen LogP) is 5.64. The number of methoxy groups -OCH3 is 1. The first kappa shape index (κ1) is 30.3. The number of ether oxygens (including phenoxy) is 4. The van der Waals surface area contributed by atoms with E-state index in [1.807, 2.05) is 36.4 Å². The second-order valence-electron chi connectivity index (χ2n) is 10.8. The number of pyridine rings is 1. The molecule has 2 aliphatic heterocycles. The molecular formula is C32H25ClF3N5O5. The molecular weight excluding hydrogens is 627 g/mol. The fourth-order valence-electron chi connectivity index (χ4n) is 5.87. The van der Waals surface area contributed by atoms with E-state index in [-0.39, 0.29) is 17.9 Å². The Balaban J connectivity index is 1.25. The Morgan fingerprint density at radius 1 is 1.04 bits per heavy atom.